The molecule has 0 aliphatic carbocycles. The lowest BCUT2D eigenvalue weighted by atomic mass is 10.2. The van der Waals surface area contributed by atoms with Gasteiger partial charge in [-0.1, -0.05) is 10.4 Å². The minimum atomic E-state index is -0.0149. The number of aryl methyl sites for hydroxylation is 2. The molecule has 7 nitrogen and oxygen atoms in total. The minimum absolute atomic E-state index is 0.0149. The molecule has 7 heteroatoms. The minimum Gasteiger partial charge on any atom is -0.361 e. The zero-order chi connectivity index (χ0) is 13.4. The van der Waals surface area contributed by atoms with Crippen molar-refractivity contribution >= 4 is 5.91 Å². The first-order valence-electron chi connectivity index (χ1n) is 6.24. The van der Waals surface area contributed by atoms with Crippen molar-refractivity contribution in [3.05, 3.63) is 29.4 Å². The SMILES string of the molecule is Cc1noc(C)c1C(=O)N1CC[C@@H](n2ccnn2)C1. The van der Waals surface area contributed by atoms with Crippen LogP contribution in [0.3, 0.4) is 0 Å². The number of carbonyl (C=O) groups excluding carboxylic acids is 1. The van der Waals surface area contributed by atoms with E-state index < -0.39 is 0 Å². The molecule has 2 aromatic heterocycles. The molecular formula is C12H15N5O2. The summed E-state index contributed by atoms with van der Waals surface area (Å²) in [6.45, 7) is 4.91. The molecule has 0 aromatic carbocycles. The van der Waals surface area contributed by atoms with Crippen molar-refractivity contribution < 1.29 is 9.32 Å². The highest BCUT2D eigenvalue weighted by molar-refractivity contribution is 5.96. The van der Waals surface area contributed by atoms with Crippen LogP contribution >= 0.6 is 0 Å². The second-order valence-electron chi connectivity index (χ2n) is 4.78. The topological polar surface area (TPSA) is 77.0 Å². The van der Waals surface area contributed by atoms with Gasteiger partial charge >= 0.3 is 0 Å². The lowest BCUT2D eigenvalue weighted by Crippen LogP contribution is -2.30. The molecule has 1 amide bonds. The van der Waals surface area contributed by atoms with Gasteiger partial charge in [0.25, 0.3) is 5.91 Å². The molecule has 1 aliphatic rings. The van der Waals surface area contributed by atoms with Gasteiger partial charge in [0, 0.05) is 19.3 Å². The molecule has 2 aromatic rings. The molecule has 0 N–H and O–H groups in total. The van der Waals surface area contributed by atoms with Crippen molar-refractivity contribution in [3.8, 4) is 0 Å². The van der Waals surface area contributed by atoms with E-state index in [0.717, 1.165) is 6.42 Å². The Labute approximate surface area is 110 Å². The standard InChI is InChI=1S/C12H15N5O2/c1-8-11(9(2)19-14-8)12(18)16-5-3-10(7-16)17-6-4-13-15-17/h4,6,10H,3,5,7H2,1-2H3/t10-/m1/s1. The lowest BCUT2D eigenvalue weighted by Gasteiger charge is -2.16. The molecule has 1 saturated heterocycles. The first-order valence-corrected chi connectivity index (χ1v) is 6.24. The molecule has 1 atom stereocenters. The van der Waals surface area contributed by atoms with Gasteiger partial charge in [-0.2, -0.15) is 0 Å². The van der Waals surface area contributed by atoms with Gasteiger partial charge in [0.05, 0.1) is 17.9 Å². The van der Waals surface area contributed by atoms with Gasteiger partial charge in [-0.05, 0) is 20.3 Å². The van der Waals surface area contributed by atoms with Crippen molar-refractivity contribution in [2.45, 2.75) is 26.3 Å². The average Bonchev–Trinajstić information content (AvgIpc) is 3.09. The molecule has 0 saturated carbocycles. The molecule has 3 heterocycles. The van der Waals surface area contributed by atoms with Crippen LogP contribution in [0, 0.1) is 13.8 Å². The molecule has 0 bridgehead atoms. The van der Waals surface area contributed by atoms with E-state index in [-0.39, 0.29) is 11.9 Å². The van der Waals surface area contributed by atoms with Gasteiger partial charge in [-0.25, -0.2) is 4.68 Å². The maximum Gasteiger partial charge on any atom is 0.259 e. The van der Waals surface area contributed by atoms with Gasteiger partial charge in [0.2, 0.25) is 0 Å². The Morgan fingerprint density at radius 3 is 2.95 bits per heavy atom. The van der Waals surface area contributed by atoms with Gasteiger partial charge in [0.1, 0.15) is 11.3 Å². The predicted octanol–water partition coefficient (Wildman–Crippen LogP) is 0.970. The molecule has 19 heavy (non-hydrogen) atoms. The summed E-state index contributed by atoms with van der Waals surface area (Å²) in [5, 5.41) is 11.6. The summed E-state index contributed by atoms with van der Waals surface area (Å²) in [6.07, 6.45) is 4.37. The molecule has 0 spiro atoms. The second kappa shape index (κ2) is 4.49. The number of amides is 1. The zero-order valence-corrected chi connectivity index (χ0v) is 10.9. The summed E-state index contributed by atoms with van der Waals surface area (Å²) in [5.74, 6) is 0.561. The van der Waals surface area contributed by atoms with Crippen molar-refractivity contribution in [3.63, 3.8) is 0 Å². The number of hydrogen-bond acceptors (Lipinski definition) is 5. The number of rotatable bonds is 2. The maximum atomic E-state index is 12.4. The van der Waals surface area contributed by atoms with Crippen LogP contribution < -0.4 is 0 Å². The Hall–Kier alpha value is -2.18. The number of aromatic nitrogens is 4. The number of nitrogens with zero attached hydrogens (tertiary/aromatic N) is 5. The molecule has 0 unspecified atom stereocenters. The van der Waals surface area contributed by atoms with E-state index in [2.05, 4.69) is 15.5 Å². The van der Waals surface area contributed by atoms with Crippen molar-refractivity contribution in [1.82, 2.24) is 25.1 Å². The van der Waals surface area contributed by atoms with E-state index in [0.29, 0.717) is 30.1 Å². The number of likely N-dealkylation sites (tertiary alicyclic amines) is 1. The molecule has 0 radical (unpaired) electrons. The number of carbonyl (C=O) groups is 1. The van der Waals surface area contributed by atoms with Crippen LogP contribution in [-0.2, 0) is 0 Å². The van der Waals surface area contributed by atoms with Crippen molar-refractivity contribution in [2.24, 2.45) is 0 Å². The van der Waals surface area contributed by atoms with Crippen molar-refractivity contribution in [1.29, 1.82) is 0 Å². The highest BCUT2D eigenvalue weighted by Crippen LogP contribution is 2.24. The van der Waals surface area contributed by atoms with Gasteiger partial charge in [-0.3, -0.25) is 4.79 Å². The lowest BCUT2D eigenvalue weighted by molar-refractivity contribution is 0.0784. The first-order chi connectivity index (χ1) is 9.16. The van der Waals surface area contributed by atoms with E-state index >= 15 is 0 Å². The quantitative estimate of drug-likeness (QED) is 0.805. The van der Waals surface area contributed by atoms with Gasteiger partial charge < -0.3 is 9.42 Å². The van der Waals surface area contributed by atoms with Crippen molar-refractivity contribution in [2.75, 3.05) is 13.1 Å². The number of hydrogen-bond donors (Lipinski definition) is 0. The smallest absolute Gasteiger partial charge is 0.259 e. The Bertz CT molecular complexity index is 570. The Morgan fingerprint density at radius 1 is 1.47 bits per heavy atom. The van der Waals surface area contributed by atoms with E-state index in [1.54, 1.807) is 24.7 Å². The third-order valence-electron chi connectivity index (χ3n) is 3.51. The molecule has 1 aliphatic heterocycles. The van der Waals surface area contributed by atoms with Gasteiger partial charge in [-0.15, -0.1) is 5.10 Å². The Kier molecular flexibility index (Phi) is 2.81. The van der Waals surface area contributed by atoms with Crippen LogP contribution in [0.5, 0.6) is 0 Å². The largest absolute Gasteiger partial charge is 0.361 e. The Balaban J connectivity index is 1.76. The fourth-order valence-electron chi connectivity index (χ4n) is 2.50. The summed E-state index contributed by atoms with van der Waals surface area (Å²) < 4.78 is 6.86. The van der Waals surface area contributed by atoms with E-state index in [9.17, 15) is 4.79 Å². The van der Waals surface area contributed by atoms with Crippen LogP contribution in [0.25, 0.3) is 0 Å². The van der Waals surface area contributed by atoms with Crippen LogP contribution in [0.2, 0.25) is 0 Å². The monoisotopic (exact) mass is 261 g/mol. The molecular weight excluding hydrogens is 246 g/mol. The molecule has 3 rings (SSSR count). The second-order valence-corrected chi connectivity index (χ2v) is 4.78. The fourth-order valence-corrected chi connectivity index (χ4v) is 2.50. The fraction of sp³-hybridized carbons (Fsp3) is 0.500. The van der Waals surface area contributed by atoms with E-state index in [1.165, 1.54) is 0 Å². The van der Waals surface area contributed by atoms with Crippen LogP contribution in [-0.4, -0.2) is 44.0 Å². The molecule has 1 fully saturated rings. The van der Waals surface area contributed by atoms with Crippen LogP contribution in [0.15, 0.2) is 16.9 Å². The first kappa shape index (κ1) is 11.9. The Morgan fingerprint density at radius 2 is 2.32 bits per heavy atom. The van der Waals surface area contributed by atoms with Crippen LogP contribution in [0.4, 0.5) is 0 Å². The average molecular weight is 261 g/mol. The maximum absolute atomic E-state index is 12.4. The van der Waals surface area contributed by atoms with E-state index in [4.69, 9.17) is 4.52 Å². The third-order valence-corrected chi connectivity index (χ3v) is 3.51. The van der Waals surface area contributed by atoms with E-state index in [1.807, 2.05) is 11.1 Å². The highest BCUT2D eigenvalue weighted by atomic mass is 16.5. The predicted molar refractivity (Wildman–Crippen MR) is 65.6 cm³/mol. The third kappa shape index (κ3) is 2.00. The molecule has 100 valence electrons. The summed E-state index contributed by atoms with van der Waals surface area (Å²) >= 11 is 0. The normalized spacial score (nSPS) is 19.1. The summed E-state index contributed by atoms with van der Waals surface area (Å²) in [4.78, 5) is 14.3. The summed E-state index contributed by atoms with van der Waals surface area (Å²) in [5.41, 5.74) is 1.23. The van der Waals surface area contributed by atoms with Gasteiger partial charge in [0.15, 0.2) is 0 Å². The summed E-state index contributed by atoms with van der Waals surface area (Å²) in [6, 6.07) is 0.201. The summed E-state index contributed by atoms with van der Waals surface area (Å²) in [7, 11) is 0. The van der Waals surface area contributed by atoms with Crippen LogP contribution in [0.1, 0.15) is 34.3 Å². The highest BCUT2D eigenvalue weighted by Gasteiger charge is 2.31. The zero-order valence-electron chi connectivity index (χ0n) is 10.9.